The van der Waals surface area contributed by atoms with E-state index in [9.17, 15) is 9.59 Å². The highest BCUT2D eigenvalue weighted by molar-refractivity contribution is 5.94. The van der Waals surface area contributed by atoms with Gasteiger partial charge >= 0.3 is 12.0 Å². The molecule has 5 heteroatoms. The minimum atomic E-state index is -0.382. The molecule has 1 fully saturated rings. The Morgan fingerprint density at radius 3 is 2.86 bits per heavy atom. The first kappa shape index (κ1) is 16.3. The summed E-state index contributed by atoms with van der Waals surface area (Å²) in [5.41, 5.74) is 1.03. The summed E-state index contributed by atoms with van der Waals surface area (Å²) in [6.45, 7) is 4.31. The predicted molar refractivity (Wildman–Crippen MR) is 86.0 cm³/mol. The van der Waals surface area contributed by atoms with Gasteiger partial charge < -0.3 is 15.4 Å². The van der Waals surface area contributed by atoms with E-state index in [2.05, 4.69) is 17.6 Å². The van der Waals surface area contributed by atoms with Crippen molar-refractivity contribution in [2.24, 2.45) is 5.92 Å². The molecule has 0 heterocycles. The summed E-state index contributed by atoms with van der Waals surface area (Å²) < 4.78 is 4.95. The van der Waals surface area contributed by atoms with Crippen LogP contribution in [-0.2, 0) is 4.74 Å². The molecule has 1 aromatic rings. The van der Waals surface area contributed by atoms with Gasteiger partial charge in [-0.1, -0.05) is 25.8 Å². The van der Waals surface area contributed by atoms with E-state index in [-0.39, 0.29) is 18.0 Å². The van der Waals surface area contributed by atoms with E-state index >= 15 is 0 Å². The minimum absolute atomic E-state index is 0.222. The molecule has 5 nitrogen and oxygen atoms in total. The molecule has 0 bridgehead atoms. The lowest BCUT2D eigenvalue weighted by molar-refractivity contribution is 0.0526. The smallest absolute Gasteiger partial charge is 0.338 e. The summed E-state index contributed by atoms with van der Waals surface area (Å²) in [5.74, 6) is 0.277. The first-order valence-corrected chi connectivity index (χ1v) is 7.93. The number of carbonyl (C=O) groups is 2. The fraction of sp³-hybridized carbons (Fsp3) is 0.529. The number of amides is 2. The van der Waals surface area contributed by atoms with Crippen molar-refractivity contribution in [3.8, 4) is 0 Å². The van der Waals surface area contributed by atoms with E-state index in [1.807, 2.05) is 0 Å². The summed E-state index contributed by atoms with van der Waals surface area (Å²) >= 11 is 0. The summed E-state index contributed by atoms with van der Waals surface area (Å²) in [6.07, 6.45) is 4.45. The van der Waals surface area contributed by atoms with Gasteiger partial charge in [-0.25, -0.2) is 9.59 Å². The summed E-state index contributed by atoms with van der Waals surface area (Å²) in [7, 11) is 0. The van der Waals surface area contributed by atoms with Gasteiger partial charge in [0, 0.05) is 11.7 Å². The quantitative estimate of drug-likeness (QED) is 0.836. The maximum Gasteiger partial charge on any atom is 0.338 e. The van der Waals surface area contributed by atoms with Crippen molar-refractivity contribution < 1.29 is 14.3 Å². The Morgan fingerprint density at radius 2 is 2.14 bits per heavy atom. The number of hydrogen-bond donors (Lipinski definition) is 2. The molecular weight excluding hydrogens is 280 g/mol. The Balaban J connectivity index is 1.91. The molecule has 0 spiro atoms. The van der Waals surface area contributed by atoms with Crippen molar-refractivity contribution in [2.75, 3.05) is 11.9 Å². The van der Waals surface area contributed by atoms with E-state index < -0.39 is 0 Å². The third kappa shape index (κ3) is 4.76. The number of anilines is 1. The highest BCUT2D eigenvalue weighted by Crippen LogP contribution is 2.23. The maximum absolute atomic E-state index is 12.1. The average Bonchev–Trinajstić information content (AvgIpc) is 2.47. The van der Waals surface area contributed by atoms with Crippen molar-refractivity contribution in [2.45, 2.75) is 45.6 Å². The van der Waals surface area contributed by atoms with Gasteiger partial charge in [0.1, 0.15) is 0 Å². The number of benzene rings is 1. The Bertz CT molecular complexity index is 530. The Kier molecular flexibility index (Phi) is 5.81. The third-order valence-corrected chi connectivity index (χ3v) is 3.90. The lowest BCUT2D eigenvalue weighted by Gasteiger charge is -2.27. The average molecular weight is 304 g/mol. The van der Waals surface area contributed by atoms with Gasteiger partial charge in [0.15, 0.2) is 0 Å². The molecule has 22 heavy (non-hydrogen) atoms. The van der Waals surface area contributed by atoms with Crippen molar-refractivity contribution in [1.29, 1.82) is 0 Å². The van der Waals surface area contributed by atoms with Gasteiger partial charge in [-0.2, -0.15) is 0 Å². The largest absolute Gasteiger partial charge is 0.462 e. The number of carbonyl (C=O) groups excluding carboxylic acids is 2. The molecule has 0 aliphatic heterocycles. The van der Waals surface area contributed by atoms with E-state index in [0.29, 0.717) is 23.8 Å². The predicted octanol–water partition coefficient (Wildman–Crippen LogP) is 3.56. The first-order valence-electron chi connectivity index (χ1n) is 7.93. The zero-order valence-corrected chi connectivity index (χ0v) is 13.2. The second-order valence-electron chi connectivity index (χ2n) is 5.87. The molecule has 1 aromatic carbocycles. The number of esters is 1. The molecular formula is C17H24N2O3. The number of ether oxygens (including phenoxy) is 1. The minimum Gasteiger partial charge on any atom is -0.462 e. The summed E-state index contributed by atoms with van der Waals surface area (Å²) in [6, 6.07) is 6.79. The van der Waals surface area contributed by atoms with Gasteiger partial charge in [-0.05, 0) is 43.9 Å². The van der Waals surface area contributed by atoms with Crippen LogP contribution in [0.5, 0.6) is 0 Å². The SMILES string of the molecule is CCOC(=O)c1cccc(NC(=O)NC2CCCC(C)C2)c1. The Labute approximate surface area is 131 Å². The van der Waals surface area contributed by atoms with Crippen molar-refractivity contribution in [3.63, 3.8) is 0 Å². The molecule has 2 rings (SSSR count). The van der Waals surface area contributed by atoms with E-state index in [4.69, 9.17) is 4.74 Å². The van der Waals surface area contributed by atoms with Crippen LogP contribution in [0.1, 0.15) is 49.9 Å². The molecule has 0 saturated heterocycles. The van der Waals surface area contributed by atoms with E-state index in [1.165, 1.54) is 6.42 Å². The molecule has 1 aliphatic rings. The van der Waals surface area contributed by atoms with Crippen molar-refractivity contribution in [1.82, 2.24) is 5.32 Å². The summed E-state index contributed by atoms with van der Waals surface area (Å²) in [5, 5.41) is 5.79. The van der Waals surface area contributed by atoms with Gasteiger partial charge in [0.25, 0.3) is 0 Å². The second kappa shape index (κ2) is 7.82. The fourth-order valence-corrected chi connectivity index (χ4v) is 2.86. The van der Waals surface area contributed by atoms with Crippen LogP contribution in [0.15, 0.2) is 24.3 Å². The lowest BCUT2D eigenvalue weighted by atomic mass is 9.87. The van der Waals surface area contributed by atoms with Gasteiger partial charge in [0.05, 0.1) is 12.2 Å². The zero-order valence-electron chi connectivity index (χ0n) is 13.2. The third-order valence-electron chi connectivity index (χ3n) is 3.90. The highest BCUT2D eigenvalue weighted by atomic mass is 16.5. The van der Waals surface area contributed by atoms with Crippen LogP contribution in [0.2, 0.25) is 0 Å². The molecule has 2 atom stereocenters. The summed E-state index contributed by atoms with van der Waals surface area (Å²) in [4.78, 5) is 23.7. The molecule has 0 aromatic heterocycles. The second-order valence-corrected chi connectivity index (χ2v) is 5.87. The first-order chi connectivity index (χ1) is 10.6. The normalized spacial score (nSPS) is 21.0. The van der Waals surface area contributed by atoms with Crippen LogP contribution in [0.25, 0.3) is 0 Å². The standard InChI is InChI=1S/C17H24N2O3/c1-3-22-16(20)13-7-5-9-15(11-13)19-17(21)18-14-8-4-6-12(2)10-14/h5,7,9,11-12,14H,3-4,6,8,10H2,1-2H3,(H2,18,19,21). The molecule has 2 amide bonds. The van der Waals surface area contributed by atoms with Crippen LogP contribution >= 0.6 is 0 Å². The lowest BCUT2D eigenvalue weighted by Crippen LogP contribution is -2.40. The topological polar surface area (TPSA) is 67.4 Å². The van der Waals surface area contributed by atoms with Crippen LogP contribution in [0, 0.1) is 5.92 Å². The van der Waals surface area contributed by atoms with Gasteiger partial charge in [-0.3, -0.25) is 0 Å². The van der Waals surface area contributed by atoms with Crippen LogP contribution in [0.3, 0.4) is 0 Å². The molecule has 1 saturated carbocycles. The fourth-order valence-electron chi connectivity index (χ4n) is 2.86. The maximum atomic E-state index is 12.1. The highest BCUT2D eigenvalue weighted by Gasteiger charge is 2.20. The zero-order chi connectivity index (χ0) is 15.9. The molecule has 0 radical (unpaired) electrons. The number of hydrogen-bond acceptors (Lipinski definition) is 3. The number of nitrogens with one attached hydrogen (secondary N) is 2. The molecule has 1 aliphatic carbocycles. The monoisotopic (exact) mass is 304 g/mol. The molecule has 120 valence electrons. The van der Waals surface area contributed by atoms with Crippen LogP contribution < -0.4 is 10.6 Å². The number of urea groups is 1. The van der Waals surface area contributed by atoms with E-state index in [0.717, 1.165) is 19.3 Å². The van der Waals surface area contributed by atoms with Crippen LogP contribution in [-0.4, -0.2) is 24.6 Å². The van der Waals surface area contributed by atoms with E-state index in [1.54, 1.807) is 31.2 Å². The van der Waals surface area contributed by atoms with Crippen molar-refractivity contribution in [3.05, 3.63) is 29.8 Å². The molecule has 2 N–H and O–H groups in total. The van der Waals surface area contributed by atoms with Crippen LogP contribution in [0.4, 0.5) is 10.5 Å². The van der Waals surface area contributed by atoms with Crippen molar-refractivity contribution >= 4 is 17.7 Å². The Hall–Kier alpha value is -2.04. The number of rotatable bonds is 4. The van der Waals surface area contributed by atoms with Gasteiger partial charge in [0.2, 0.25) is 0 Å². The molecule has 2 unspecified atom stereocenters. The Morgan fingerprint density at radius 1 is 1.32 bits per heavy atom. The van der Waals surface area contributed by atoms with Gasteiger partial charge in [-0.15, -0.1) is 0 Å².